The number of anilines is 1. The van der Waals surface area contributed by atoms with Crippen molar-refractivity contribution in [3.8, 4) is 0 Å². The first-order chi connectivity index (χ1) is 9.90. The Bertz CT molecular complexity index is 469. The molecule has 0 saturated carbocycles. The topological polar surface area (TPSA) is 92.4 Å². The van der Waals surface area contributed by atoms with Gasteiger partial charge < -0.3 is 16.2 Å². The third kappa shape index (κ3) is 6.90. The second-order valence-electron chi connectivity index (χ2n) is 5.75. The average Bonchev–Trinajstić information content (AvgIpc) is 2.39. The van der Waals surface area contributed by atoms with Crippen LogP contribution >= 0.6 is 0 Å². The van der Waals surface area contributed by atoms with Gasteiger partial charge in [-0.2, -0.15) is 0 Å². The maximum absolute atomic E-state index is 12.0. The van der Waals surface area contributed by atoms with Crippen molar-refractivity contribution in [3.63, 3.8) is 0 Å². The first-order valence-electron chi connectivity index (χ1n) is 7.21. The van der Waals surface area contributed by atoms with Gasteiger partial charge in [0, 0.05) is 12.1 Å². The van der Waals surface area contributed by atoms with Gasteiger partial charge in [0.15, 0.2) is 0 Å². The minimum absolute atomic E-state index is 0.0160. The number of aliphatic carboxylic acids is 1. The normalized spacial score (nSPS) is 12.2. The molecule has 0 aliphatic rings. The molecule has 21 heavy (non-hydrogen) atoms. The summed E-state index contributed by atoms with van der Waals surface area (Å²) >= 11 is 0. The molecule has 1 aromatic rings. The SMILES string of the molecule is CC(C)C[C@H](CN)CC(=O)Nc1ccc(CC(=O)O)cc1. The largest absolute Gasteiger partial charge is 0.481 e. The molecule has 5 heteroatoms. The van der Waals surface area contributed by atoms with E-state index in [4.69, 9.17) is 10.8 Å². The summed E-state index contributed by atoms with van der Waals surface area (Å²) in [6, 6.07) is 6.85. The standard InChI is InChI=1S/C16H24N2O3/c1-11(2)7-13(10-17)8-15(19)18-14-5-3-12(4-6-14)9-16(20)21/h3-6,11,13H,7-10,17H2,1-2H3,(H,18,19)(H,20,21)/t13-/m0/s1. The van der Waals surface area contributed by atoms with Crippen molar-refractivity contribution in [1.29, 1.82) is 0 Å². The predicted octanol–water partition coefficient (Wildman–Crippen LogP) is 2.26. The van der Waals surface area contributed by atoms with Crippen molar-refractivity contribution in [1.82, 2.24) is 0 Å². The lowest BCUT2D eigenvalue weighted by Crippen LogP contribution is -2.23. The monoisotopic (exact) mass is 292 g/mol. The fourth-order valence-electron chi connectivity index (χ4n) is 2.28. The van der Waals surface area contributed by atoms with Crippen molar-refractivity contribution in [3.05, 3.63) is 29.8 Å². The van der Waals surface area contributed by atoms with E-state index in [0.717, 1.165) is 6.42 Å². The average molecular weight is 292 g/mol. The van der Waals surface area contributed by atoms with Crippen LogP contribution in [0.3, 0.4) is 0 Å². The molecule has 0 aromatic heterocycles. The van der Waals surface area contributed by atoms with E-state index in [1.807, 2.05) is 0 Å². The van der Waals surface area contributed by atoms with Crippen molar-refractivity contribution in [2.24, 2.45) is 17.6 Å². The van der Waals surface area contributed by atoms with Crippen molar-refractivity contribution in [2.75, 3.05) is 11.9 Å². The molecule has 0 aliphatic carbocycles. The van der Waals surface area contributed by atoms with Crippen LogP contribution < -0.4 is 11.1 Å². The summed E-state index contributed by atoms with van der Waals surface area (Å²) in [5, 5.41) is 11.5. The highest BCUT2D eigenvalue weighted by atomic mass is 16.4. The van der Waals surface area contributed by atoms with Gasteiger partial charge in [-0.1, -0.05) is 26.0 Å². The Labute approximate surface area is 125 Å². The lowest BCUT2D eigenvalue weighted by atomic mass is 9.94. The van der Waals surface area contributed by atoms with Crippen LogP contribution in [0, 0.1) is 11.8 Å². The van der Waals surface area contributed by atoms with E-state index in [2.05, 4.69) is 19.2 Å². The molecule has 1 atom stereocenters. The maximum Gasteiger partial charge on any atom is 0.307 e. The third-order valence-electron chi connectivity index (χ3n) is 3.21. The van der Waals surface area contributed by atoms with E-state index in [1.54, 1.807) is 24.3 Å². The summed E-state index contributed by atoms with van der Waals surface area (Å²) in [6.45, 7) is 4.73. The number of nitrogens with two attached hydrogens (primary N) is 1. The maximum atomic E-state index is 12.0. The Kier molecular flexibility index (Phi) is 6.88. The number of carbonyl (C=O) groups excluding carboxylic acids is 1. The number of hydrogen-bond donors (Lipinski definition) is 3. The van der Waals surface area contributed by atoms with Gasteiger partial charge in [0.05, 0.1) is 6.42 Å². The van der Waals surface area contributed by atoms with E-state index in [1.165, 1.54) is 0 Å². The third-order valence-corrected chi connectivity index (χ3v) is 3.21. The summed E-state index contributed by atoms with van der Waals surface area (Å²) in [5.74, 6) is -0.221. The van der Waals surface area contributed by atoms with Crippen LogP contribution in [0.2, 0.25) is 0 Å². The van der Waals surface area contributed by atoms with Crippen LogP contribution in [0.15, 0.2) is 24.3 Å². The van der Waals surface area contributed by atoms with Gasteiger partial charge in [-0.15, -0.1) is 0 Å². The van der Waals surface area contributed by atoms with Gasteiger partial charge in [-0.25, -0.2) is 0 Å². The Morgan fingerprint density at radius 1 is 1.24 bits per heavy atom. The Morgan fingerprint density at radius 2 is 1.86 bits per heavy atom. The number of hydrogen-bond acceptors (Lipinski definition) is 3. The molecule has 116 valence electrons. The molecule has 0 spiro atoms. The quantitative estimate of drug-likeness (QED) is 0.685. The molecule has 0 aliphatic heterocycles. The highest BCUT2D eigenvalue weighted by molar-refractivity contribution is 5.90. The molecule has 0 heterocycles. The highest BCUT2D eigenvalue weighted by Gasteiger charge is 2.14. The lowest BCUT2D eigenvalue weighted by Gasteiger charge is -2.16. The zero-order chi connectivity index (χ0) is 15.8. The Balaban J connectivity index is 2.52. The van der Waals surface area contributed by atoms with E-state index >= 15 is 0 Å². The molecule has 0 saturated heterocycles. The van der Waals surface area contributed by atoms with E-state index < -0.39 is 5.97 Å². The predicted molar refractivity (Wildman–Crippen MR) is 83.0 cm³/mol. The molecule has 4 N–H and O–H groups in total. The fraction of sp³-hybridized carbons (Fsp3) is 0.500. The molecule has 0 unspecified atom stereocenters. The van der Waals surface area contributed by atoms with Crippen LogP contribution in [0.5, 0.6) is 0 Å². The summed E-state index contributed by atoms with van der Waals surface area (Å²) in [5.41, 5.74) is 7.08. The number of carboxylic acids is 1. The van der Waals surface area contributed by atoms with E-state index in [9.17, 15) is 9.59 Å². The van der Waals surface area contributed by atoms with Crippen LogP contribution in [-0.2, 0) is 16.0 Å². The van der Waals surface area contributed by atoms with Gasteiger partial charge in [0.1, 0.15) is 0 Å². The second-order valence-corrected chi connectivity index (χ2v) is 5.75. The van der Waals surface area contributed by atoms with Crippen LogP contribution in [0.4, 0.5) is 5.69 Å². The molecule has 1 amide bonds. The first-order valence-corrected chi connectivity index (χ1v) is 7.21. The van der Waals surface area contributed by atoms with Gasteiger partial charge in [-0.3, -0.25) is 9.59 Å². The van der Waals surface area contributed by atoms with Crippen molar-refractivity contribution < 1.29 is 14.7 Å². The molecule has 1 rings (SSSR count). The molecular weight excluding hydrogens is 268 g/mol. The fourth-order valence-corrected chi connectivity index (χ4v) is 2.28. The molecule has 0 bridgehead atoms. The zero-order valence-electron chi connectivity index (χ0n) is 12.6. The Morgan fingerprint density at radius 3 is 2.33 bits per heavy atom. The minimum atomic E-state index is -0.869. The van der Waals surface area contributed by atoms with Gasteiger partial charge in [0.25, 0.3) is 0 Å². The summed E-state index contributed by atoms with van der Waals surface area (Å²) < 4.78 is 0. The van der Waals surface area contributed by atoms with Crippen LogP contribution in [0.25, 0.3) is 0 Å². The van der Waals surface area contributed by atoms with Gasteiger partial charge in [-0.05, 0) is 42.5 Å². The van der Waals surface area contributed by atoms with E-state index in [0.29, 0.717) is 30.1 Å². The minimum Gasteiger partial charge on any atom is -0.481 e. The van der Waals surface area contributed by atoms with Crippen LogP contribution in [-0.4, -0.2) is 23.5 Å². The van der Waals surface area contributed by atoms with E-state index in [-0.39, 0.29) is 18.2 Å². The number of nitrogens with one attached hydrogen (secondary N) is 1. The molecule has 1 aromatic carbocycles. The van der Waals surface area contributed by atoms with Crippen LogP contribution in [0.1, 0.15) is 32.3 Å². The van der Waals surface area contributed by atoms with Crippen molar-refractivity contribution >= 4 is 17.6 Å². The zero-order valence-corrected chi connectivity index (χ0v) is 12.6. The smallest absolute Gasteiger partial charge is 0.307 e. The summed E-state index contributed by atoms with van der Waals surface area (Å²) in [6.07, 6.45) is 1.32. The number of carbonyl (C=O) groups is 2. The highest BCUT2D eigenvalue weighted by Crippen LogP contribution is 2.16. The number of rotatable bonds is 8. The first kappa shape index (κ1) is 17.2. The number of amides is 1. The molecule has 5 nitrogen and oxygen atoms in total. The summed E-state index contributed by atoms with van der Waals surface area (Å²) in [7, 11) is 0. The molecule has 0 fully saturated rings. The second kappa shape index (κ2) is 8.42. The van der Waals surface area contributed by atoms with Gasteiger partial charge >= 0.3 is 5.97 Å². The lowest BCUT2D eigenvalue weighted by molar-refractivity contribution is -0.136. The molecular formula is C16H24N2O3. The summed E-state index contributed by atoms with van der Waals surface area (Å²) in [4.78, 5) is 22.6. The Hall–Kier alpha value is -1.88. The van der Waals surface area contributed by atoms with Gasteiger partial charge in [0.2, 0.25) is 5.91 Å². The van der Waals surface area contributed by atoms with Crippen molar-refractivity contribution in [2.45, 2.75) is 33.1 Å². The molecule has 0 radical (unpaired) electrons. The number of benzene rings is 1. The number of carboxylic acid groups (broad SMARTS) is 1.